The Morgan fingerprint density at radius 1 is 0.462 bits per heavy atom. The Bertz CT molecular complexity index is 303. The molecule has 0 atom stereocenters. The van der Waals surface area contributed by atoms with Gasteiger partial charge in [0.2, 0.25) is 0 Å². The number of benzene rings is 2. The van der Waals surface area contributed by atoms with Gasteiger partial charge in [0.1, 0.15) is 0 Å². The molecule has 0 saturated heterocycles. The van der Waals surface area contributed by atoms with E-state index in [1.807, 2.05) is 12.1 Å². The molecule has 0 nitrogen and oxygen atoms in total. The third-order valence-corrected chi connectivity index (χ3v) is 1.88. The van der Waals surface area contributed by atoms with Crippen molar-refractivity contribution < 1.29 is 0 Å². The summed E-state index contributed by atoms with van der Waals surface area (Å²) in [5.41, 5.74) is 2.55. The number of rotatable bonds is 1. The SMILES string of the molecule is [Sn].c1ccc(-c2ccccc2)cc1. The average Bonchev–Trinajstić information content (AvgIpc) is 2.21. The topological polar surface area (TPSA) is 0 Å². The number of hydrogen-bond donors (Lipinski definition) is 0. The maximum Gasteiger partial charge on any atom is 0 e. The predicted octanol–water partition coefficient (Wildman–Crippen LogP) is 2.97. The van der Waals surface area contributed by atoms with Gasteiger partial charge < -0.3 is 0 Å². The molecule has 2 rings (SSSR count). The van der Waals surface area contributed by atoms with Gasteiger partial charge in [0, 0.05) is 23.9 Å². The van der Waals surface area contributed by atoms with Crippen molar-refractivity contribution in [2.75, 3.05) is 0 Å². The zero-order valence-electron chi connectivity index (χ0n) is 7.27. The number of hydrogen-bond acceptors (Lipinski definition) is 0. The molecule has 1 heteroatoms. The van der Waals surface area contributed by atoms with Crippen LogP contribution in [0.1, 0.15) is 0 Å². The minimum Gasteiger partial charge on any atom is -0.0622 e. The van der Waals surface area contributed by atoms with E-state index >= 15 is 0 Å². The summed E-state index contributed by atoms with van der Waals surface area (Å²) in [5.74, 6) is 0. The van der Waals surface area contributed by atoms with E-state index in [-0.39, 0.29) is 23.9 Å². The molecule has 0 aliphatic heterocycles. The molecule has 0 unspecified atom stereocenters. The van der Waals surface area contributed by atoms with Gasteiger partial charge in [0.05, 0.1) is 0 Å². The van der Waals surface area contributed by atoms with E-state index in [1.54, 1.807) is 0 Å². The van der Waals surface area contributed by atoms with Crippen molar-refractivity contribution in [3.8, 4) is 11.1 Å². The van der Waals surface area contributed by atoms with Gasteiger partial charge in [-0.05, 0) is 11.1 Å². The monoisotopic (exact) mass is 274 g/mol. The third-order valence-electron chi connectivity index (χ3n) is 1.88. The third kappa shape index (κ3) is 2.59. The summed E-state index contributed by atoms with van der Waals surface area (Å²) in [6, 6.07) is 20.8. The molecule has 0 fully saturated rings. The molecule has 0 amide bonds. The van der Waals surface area contributed by atoms with Crippen LogP contribution in [-0.2, 0) is 0 Å². The van der Waals surface area contributed by atoms with Crippen molar-refractivity contribution in [1.29, 1.82) is 0 Å². The summed E-state index contributed by atoms with van der Waals surface area (Å²) >= 11 is 0. The van der Waals surface area contributed by atoms with E-state index in [0.29, 0.717) is 0 Å². The molecule has 2 aromatic carbocycles. The first-order chi connectivity index (χ1) is 5.97. The minimum atomic E-state index is 0. The van der Waals surface area contributed by atoms with Gasteiger partial charge >= 0.3 is 0 Å². The normalized spacial score (nSPS) is 8.92. The molecule has 0 aromatic heterocycles. The van der Waals surface area contributed by atoms with Gasteiger partial charge in [-0.2, -0.15) is 0 Å². The van der Waals surface area contributed by atoms with Crippen molar-refractivity contribution in [3.05, 3.63) is 60.7 Å². The van der Waals surface area contributed by atoms with E-state index in [4.69, 9.17) is 0 Å². The second kappa shape index (κ2) is 5.07. The van der Waals surface area contributed by atoms with Crippen LogP contribution in [0.2, 0.25) is 0 Å². The van der Waals surface area contributed by atoms with Gasteiger partial charge in [-0.1, -0.05) is 60.7 Å². The Labute approximate surface area is 95.6 Å². The van der Waals surface area contributed by atoms with Crippen LogP contribution in [0.5, 0.6) is 0 Å². The summed E-state index contributed by atoms with van der Waals surface area (Å²) in [7, 11) is 0. The second-order valence-electron chi connectivity index (χ2n) is 2.73. The largest absolute Gasteiger partial charge is 0.0622 e. The van der Waals surface area contributed by atoms with Crippen LogP contribution in [0, 0.1) is 0 Å². The van der Waals surface area contributed by atoms with Gasteiger partial charge in [0.25, 0.3) is 0 Å². The van der Waals surface area contributed by atoms with Crippen LogP contribution in [0.25, 0.3) is 11.1 Å². The van der Waals surface area contributed by atoms with Gasteiger partial charge in [0.15, 0.2) is 0 Å². The van der Waals surface area contributed by atoms with Gasteiger partial charge in [-0.15, -0.1) is 0 Å². The molecule has 4 radical (unpaired) electrons. The molecule has 0 aliphatic rings. The van der Waals surface area contributed by atoms with Gasteiger partial charge in [-0.25, -0.2) is 0 Å². The molecule has 0 spiro atoms. The Hall–Kier alpha value is -0.761. The zero-order valence-corrected chi connectivity index (χ0v) is 10.1. The summed E-state index contributed by atoms with van der Waals surface area (Å²) in [6.45, 7) is 0. The minimum absolute atomic E-state index is 0. The Morgan fingerprint density at radius 3 is 1.08 bits per heavy atom. The first kappa shape index (κ1) is 10.3. The fraction of sp³-hybridized carbons (Fsp3) is 0. The fourth-order valence-corrected chi connectivity index (χ4v) is 1.26. The smallest absolute Gasteiger partial charge is 0 e. The fourth-order valence-electron chi connectivity index (χ4n) is 1.26. The van der Waals surface area contributed by atoms with Crippen LogP contribution in [0.3, 0.4) is 0 Å². The standard InChI is InChI=1S/C12H10.Sn/c1-3-7-11(8-4-1)12-9-5-2-6-10-12;/h1-10H;. The maximum absolute atomic E-state index is 2.12. The zero-order chi connectivity index (χ0) is 8.23. The Kier molecular flexibility index (Phi) is 4.03. The first-order valence-electron chi connectivity index (χ1n) is 4.07. The summed E-state index contributed by atoms with van der Waals surface area (Å²) in [6.07, 6.45) is 0. The molecule has 0 aliphatic carbocycles. The van der Waals surface area contributed by atoms with E-state index in [2.05, 4.69) is 48.5 Å². The molecule has 0 bridgehead atoms. The van der Waals surface area contributed by atoms with E-state index in [0.717, 1.165) is 0 Å². The summed E-state index contributed by atoms with van der Waals surface area (Å²) in [5, 5.41) is 0. The van der Waals surface area contributed by atoms with E-state index in [9.17, 15) is 0 Å². The van der Waals surface area contributed by atoms with Crippen molar-refractivity contribution in [2.45, 2.75) is 0 Å². The average molecular weight is 273 g/mol. The molecule has 62 valence electrons. The molecule has 13 heavy (non-hydrogen) atoms. The summed E-state index contributed by atoms with van der Waals surface area (Å²) < 4.78 is 0. The Morgan fingerprint density at radius 2 is 0.769 bits per heavy atom. The van der Waals surface area contributed by atoms with Crippen LogP contribution in [0.4, 0.5) is 0 Å². The van der Waals surface area contributed by atoms with Crippen LogP contribution in [-0.4, -0.2) is 23.9 Å². The molecule has 0 N–H and O–H groups in total. The quantitative estimate of drug-likeness (QED) is 0.701. The predicted molar refractivity (Wildman–Crippen MR) is 57.6 cm³/mol. The van der Waals surface area contributed by atoms with Crippen molar-refractivity contribution in [2.24, 2.45) is 0 Å². The Balaban J connectivity index is 0.000000845. The molecular formula is C12H10Sn. The van der Waals surface area contributed by atoms with Crippen molar-refractivity contribution >= 4 is 23.9 Å². The molecule has 0 heterocycles. The van der Waals surface area contributed by atoms with Crippen LogP contribution < -0.4 is 0 Å². The van der Waals surface area contributed by atoms with Crippen molar-refractivity contribution in [1.82, 2.24) is 0 Å². The maximum atomic E-state index is 2.12. The molecule has 2 aromatic rings. The van der Waals surface area contributed by atoms with Crippen LogP contribution >= 0.6 is 0 Å². The van der Waals surface area contributed by atoms with Crippen LogP contribution in [0.15, 0.2) is 60.7 Å². The van der Waals surface area contributed by atoms with E-state index in [1.165, 1.54) is 11.1 Å². The summed E-state index contributed by atoms with van der Waals surface area (Å²) in [4.78, 5) is 0. The van der Waals surface area contributed by atoms with Crippen molar-refractivity contribution in [3.63, 3.8) is 0 Å². The van der Waals surface area contributed by atoms with Gasteiger partial charge in [-0.3, -0.25) is 0 Å². The molecule has 0 saturated carbocycles. The van der Waals surface area contributed by atoms with E-state index < -0.39 is 0 Å². The molecular weight excluding hydrogens is 263 g/mol. The first-order valence-corrected chi connectivity index (χ1v) is 4.07. The second-order valence-corrected chi connectivity index (χ2v) is 2.73.